The average molecular weight is 477 g/mol. The quantitative estimate of drug-likeness (QED) is 0.351. The number of aryl methyl sites for hydroxylation is 4. The molecule has 176 valence electrons. The molecular formula is C27H28N2O4S. The van der Waals surface area contributed by atoms with Crippen molar-refractivity contribution in [3.05, 3.63) is 68.3 Å². The lowest BCUT2D eigenvalue weighted by Gasteiger charge is -2.14. The Morgan fingerprint density at radius 1 is 1.00 bits per heavy atom. The molecule has 2 heterocycles. The number of aromatic nitrogens is 2. The van der Waals surface area contributed by atoms with Gasteiger partial charge < -0.3 is 19.2 Å². The summed E-state index contributed by atoms with van der Waals surface area (Å²) in [6.45, 7) is 4.87. The molecular weight excluding hydrogens is 448 g/mol. The molecule has 0 fully saturated rings. The van der Waals surface area contributed by atoms with E-state index in [0.717, 1.165) is 51.9 Å². The van der Waals surface area contributed by atoms with Gasteiger partial charge >= 0.3 is 0 Å². The Bertz CT molecular complexity index is 1390. The van der Waals surface area contributed by atoms with Gasteiger partial charge in [-0.05, 0) is 74.4 Å². The van der Waals surface area contributed by atoms with Gasteiger partial charge in [-0.3, -0.25) is 4.79 Å². The molecule has 7 heteroatoms. The zero-order chi connectivity index (χ0) is 23.7. The first-order chi connectivity index (χ1) is 16.5. The third-order valence-electron chi connectivity index (χ3n) is 6.26. The largest absolute Gasteiger partial charge is 0.493 e. The van der Waals surface area contributed by atoms with Crippen LogP contribution in [0.4, 0.5) is 0 Å². The minimum atomic E-state index is -0.0673. The number of para-hydroxylation sites is 1. The molecule has 0 atom stereocenters. The summed E-state index contributed by atoms with van der Waals surface area (Å²) in [5, 5.41) is 0.763. The van der Waals surface area contributed by atoms with Crippen LogP contribution < -0.4 is 19.8 Å². The van der Waals surface area contributed by atoms with Crippen LogP contribution in [-0.4, -0.2) is 30.3 Å². The van der Waals surface area contributed by atoms with Crippen LogP contribution in [0.1, 0.15) is 34.4 Å². The summed E-state index contributed by atoms with van der Waals surface area (Å²) >= 11 is 1.65. The van der Waals surface area contributed by atoms with Crippen molar-refractivity contribution in [3.63, 3.8) is 0 Å². The van der Waals surface area contributed by atoms with Gasteiger partial charge in [-0.25, -0.2) is 4.98 Å². The van der Waals surface area contributed by atoms with Crippen molar-refractivity contribution in [1.29, 1.82) is 0 Å². The molecule has 2 aromatic carbocycles. The van der Waals surface area contributed by atoms with Crippen molar-refractivity contribution in [2.24, 2.45) is 0 Å². The predicted octanol–water partition coefficient (Wildman–Crippen LogP) is 5.61. The Kier molecular flexibility index (Phi) is 6.28. The fourth-order valence-electron chi connectivity index (χ4n) is 4.56. The SMILES string of the molecule is COc1cc(-c2nc3sc4c(c3c(=O)[nH]2)CCCC4)ccc1OCCOc1c(C)cccc1C. The Labute approximate surface area is 202 Å². The van der Waals surface area contributed by atoms with Gasteiger partial charge in [-0.15, -0.1) is 11.3 Å². The van der Waals surface area contributed by atoms with Gasteiger partial charge in [0, 0.05) is 10.4 Å². The minimum Gasteiger partial charge on any atom is -0.493 e. The zero-order valence-electron chi connectivity index (χ0n) is 19.7. The van der Waals surface area contributed by atoms with Gasteiger partial charge in [-0.1, -0.05) is 18.2 Å². The lowest BCUT2D eigenvalue weighted by Crippen LogP contribution is -2.12. The topological polar surface area (TPSA) is 73.4 Å². The molecule has 1 aliphatic rings. The molecule has 0 aliphatic heterocycles. The molecule has 0 saturated heterocycles. The van der Waals surface area contributed by atoms with Crippen LogP contribution in [0, 0.1) is 13.8 Å². The van der Waals surface area contributed by atoms with Crippen LogP contribution in [0.3, 0.4) is 0 Å². The first-order valence-corrected chi connectivity index (χ1v) is 12.4. The van der Waals surface area contributed by atoms with Crippen LogP contribution in [0.2, 0.25) is 0 Å². The first kappa shape index (κ1) is 22.5. The van der Waals surface area contributed by atoms with Gasteiger partial charge in [0.25, 0.3) is 5.56 Å². The van der Waals surface area contributed by atoms with E-state index in [1.807, 2.05) is 50.2 Å². The van der Waals surface area contributed by atoms with Crippen molar-refractivity contribution in [1.82, 2.24) is 9.97 Å². The fraction of sp³-hybridized carbons (Fsp3) is 0.333. The number of nitrogens with one attached hydrogen (secondary N) is 1. The van der Waals surface area contributed by atoms with Crippen molar-refractivity contribution >= 4 is 21.6 Å². The summed E-state index contributed by atoms with van der Waals surface area (Å²) in [4.78, 5) is 22.8. The second-order valence-electron chi connectivity index (χ2n) is 8.59. The number of rotatable bonds is 7. The number of aromatic amines is 1. The highest BCUT2D eigenvalue weighted by atomic mass is 32.1. The zero-order valence-corrected chi connectivity index (χ0v) is 20.5. The van der Waals surface area contributed by atoms with Gasteiger partial charge in [0.2, 0.25) is 0 Å². The lowest BCUT2D eigenvalue weighted by atomic mass is 9.97. The van der Waals surface area contributed by atoms with E-state index in [-0.39, 0.29) is 5.56 Å². The maximum atomic E-state index is 12.9. The van der Waals surface area contributed by atoms with Gasteiger partial charge in [-0.2, -0.15) is 0 Å². The summed E-state index contributed by atoms with van der Waals surface area (Å²) in [6.07, 6.45) is 4.32. The molecule has 34 heavy (non-hydrogen) atoms. The minimum absolute atomic E-state index is 0.0673. The molecule has 4 aromatic rings. The molecule has 2 aromatic heterocycles. The Morgan fingerprint density at radius 3 is 2.56 bits per heavy atom. The van der Waals surface area contributed by atoms with Crippen LogP contribution in [0.5, 0.6) is 17.2 Å². The maximum Gasteiger partial charge on any atom is 0.260 e. The standard InChI is InChI=1S/C27H28N2O4S/c1-16-7-6-8-17(2)24(16)33-14-13-32-20-12-11-18(15-21(20)31-3)25-28-26(30)23-19-9-4-5-10-22(19)34-27(23)29-25/h6-8,11-12,15H,4-5,9-10,13-14H2,1-3H3,(H,28,29,30). The summed E-state index contributed by atoms with van der Waals surface area (Å²) in [7, 11) is 1.60. The van der Waals surface area contributed by atoms with Crippen molar-refractivity contribution in [2.75, 3.05) is 20.3 Å². The van der Waals surface area contributed by atoms with E-state index in [1.54, 1.807) is 18.4 Å². The molecule has 0 radical (unpaired) electrons. The Morgan fingerprint density at radius 2 is 1.76 bits per heavy atom. The number of hydrogen-bond donors (Lipinski definition) is 1. The number of nitrogens with zero attached hydrogens (tertiary/aromatic N) is 1. The summed E-state index contributed by atoms with van der Waals surface area (Å²) in [5.41, 5.74) is 4.11. The number of H-pyrrole nitrogens is 1. The number of methoxy groups -OCH3 is 1. The summed E-state index contributed by atoms with van der Waals surface area (Å²) < 4.78 is 17.4. The second kappa shape index (κ2) is 9.50. The summed E-state index contributed by atoms with van der Waals surface area (Å²) in [6, 6.07) is 11.7. The predicted molar refractivity (Wildman–Crippen MR) is 136 cm³/mol. The number of thiophene rings is 1. The van der Waals surface area contributed by atoms with Gasteiger partial charge in [0.05, 0.1) is 12.5 Å². The Balaban J connectivity index is 1.33. The van der Waals surface area contributed by atoms with Crippen molar-refractivity contribution in [2.45, 2.75) is 39.5 Å². The maximum absolute atomic E-state index is 12.9. The molecule has 1 aliphatic carbocycles. The average Bonchev–Trinajstić information content (AvgIpc) is 3.22. The van der Waals surface area contributed by atoms with Crippen LogP contribution in [0.15, 0.2) is 41.2 Å². The number of ether oxygens (including phenoxy) is 3. The second-order valence-corrected chi connectivity index (χ2v) is 9.67. The highest BCUT2D eigenvalue weighted by molar-refractivity contribution is 7.18. The van der Waals surface area contributed by atoms with E-state index in [2.05, 4.69) is 4.98 Å². The van der Waals surface area contributed by atoms with E-state index < -0.39 is 0 Å². The highest BCUT2D eigenvalue weighted by Crippen LogP contribution is 2.35. The molecule has 0 amide bonds. The number of fused-ring (bicyclic) bond motifs is 3. The normalized spacial score (nSPS) is 13.0. The third kappa shape index (κ3) is 4.28. The van der Waals surface area contributed by atoms with Crippen LogP contribution in [0.25, 0.3) is 21.6 Å². The smallest absolute Gasteiger partial charge is 0.260 e. The van der Waals surface area contributed by atoms with Crippen LogP contribution in [-0.2, 0) is 12.8 Å². The first-order valence-electron chi connectivity index (χ1n) is 11.6. The number of hydrogen-bond acceptors (Lipinski definition) is 6. The van der Waals surface area contributed by atoms with E-state index in [4.69, 9.17) is 19.2 Å². The fourth-order valence-corrected chi connectivity index (χ4v) is 5.82. The van der Waals surface area contributed by atoms with E-state index >= 15 is 0 Å². The lowest BCUT2D eigenvalue weighted by molar-refractivity contribution is 0.210. The molecule has 6 nitrogen and oxygen atoms in total. The van der Waals surface area contributed by atoms with Gasteiger partial charge in [0.1, 0.15) is 29.6 Å². The van der Waals surface area contributed by atoms with Gasteiger partial charge in [0.15, 0.2) is 11.5 Å². The molecule has 0 spiro atoms. The molecule has 1 N–H and O–H groups in total. The molecule has 0 unspecified atom stereocenters. The van der Waals surface area contributed by atoms with Crippen LogP contribution >= 0.6 is 11.3 Å². The third-order valence-corrected chi connectivity index (χ3v) is 7.44. The Hall–Kier alpha value is -3.32. The molecule has 0 bridgehead atoms. The molecule has 5 rings (SSSR count). The number of benzene rings is 2. The van der Waals surface area contributed by atoms with Crippen molar-refractivity contribution in [3.8, 4) is 28.6 Å². The van der Waals surface area contributed by atoms with E-state index in [0.29, 0.717) is 30.5 Å². The van der Waals surface area contributed by atoms with Crippen molar-refractivity contribution < 1.29 is 14.2 Å². The molecule has 0 saturated carbocycles. The van der Waals surface area contributed by atoms with E-state index in [1.165, 1.54) is 16.9 Å². The highest BCUT2D eigenvalue weighted by Gasteiger charge is 2.20. The van der Waals surface area contributed by atoms with E-state index in [9.17, 15) is 4.79 Å². The summed E-state index contributed by atoms with van der Waals surface area (Å²) in [5.74, 6) is 2.64. The monoisotopic (exact) mass is 476 g/mol.